The smallest absolute Gasteiger partial charge is 0.241 e. The van der Waals surface area contributed by atoms with Crippen molar-refractivity contribution in [2.24, 2.45) is 5.92 Å². The Balaban J connectivity index is 2.19. The molecule has 20 heavy (non-hydrogen) atoms. The normalized spacial score (nSPS) is 14.7. The van der Waals surface area contributed by atoms with Gasteiger partial charge in [-0.1, -0.05) is 24.7 Å². The van der Waals surface area contributed by atoms with Crippen molar-refractivity contribution in [1.82, 2.24) is 4.72 Å². The number of nitrogens with one attached hydrogen (secondary N) is 1. The monoisotopic (exact) mass is 297 g/mol. The molecular weight excluding hydrogens is 281 g/mol. The van der Waals surface area contributed by atoms with E-state index in [1.54, 1.807) is 0 Å². The van der Waals surface area contributed by atoms with Crippen LogP contribution in [0.4, 0.5) is 4.39 Å². The Labute approximate surface area is 118 Å². The van der Waals surface area contributed by atoms with E-state index in [2.05, 4.69) is 16.6 Å². The lowest BCUT2D eigenvalue weighted by Gasteiger charge is -2.08. The Morgan fingerprint density at radius 2 is 2.15 bits per heavy atom. The van der Waals surface area contributed by atoms with E-state index in [0.29, 0.717) is 12.5 Å². The minimum atomic E-state index is -3.71. The molecule has 0 heterocycles. The molecule has 0 spiro atoms. The highest BCUT2D eigenvalue weighted by atomic mass is 32.2. The Morgan fingerprint density at radius 1 is 1.40 bits per heavy atom. The fourth-order valence-electron chi connectivity index (χ4n) is 1.85. The zero-order valence-corrected chi connectivity index (χ0v) is 11.7. The van der Waals surface area contributed by atoms with E-state index in [1.807, 2.05) is 0 Å². The molecule has 0 atom stereocenters. The van der Waals surface area contributed by atoms with Gasteiger partial charge in [-0.25, -0.2) is 17.5 Å². The zero-order chi connectivity index (χ0) is 14.6. The van der Waals surface area contributed by atoms with Crippen molar-refractivity contribution in [2.75, 3.05) is 13.2 Å². The second-order valence-corrected chi connectivity index (χ2v) is 6.47. The van der Waals surface area contributed by atoms with E-state index >= 15 is 0 Å². The Hall–Kier alpha value is -1.42. The van der Waals surface area contributed by atoms with Gasteiger partial charge < -0.3 is 5.11 Å². The van der Waals surface area contributed by atoms with Gasteiger partial charge >= 0.3 is 0 Å². The molecule has 108 valence electrons. The fourth-order valence-corrected chi connectivity index (χ4v) is 3.04. The van der Waals surface area contributed by atoms with Crippen LogP contribution in [0.3, 0.4) is 0 Å². The van der Waals surface area contributed by atoms with Crippen molar-refractivity contribution in [2.45, 2.75) is 24.2 Å². The average Bonchev–Trinajstić information content (AvgIpc) is 3.20. The Bertz CT molecular complexity index is 642. The van der Waals surface area contributed by atoms with Gasteiger partial charge in [0.25, 0.3) is 0 Å². The van der Waals surface area contributed by atoms with Gasteiger partial charge in [-0.15, -0.1) is 0 Å². The highest BCUT2D eigenvalue weighted by Crippen LogP contribution is 2.31. The minimum Gasteiger partial charge on any atom is -0.384 e. The molecule has 0 radical (unpaired) electrons. The molecule has 4 nitrogen and oxygen atoms in total. The van der Waals surface area contributed by atoms with Crippen molar-refractivity contribution in [3.05, 3.63) is 29.6 Å². The second-order valence-electron chi connectivity index (χ2n) is 4.73. The van der Waals surface area contributed by atoms with E-state index in [1.165, 1.54) is 6.07 Å². The van der Waals surface area contributed by atoms with Gasteiger partial charge in [0.15, 0.2) is 0 Å². The summed E-state index contributed by atoms with van der Waals surface area (Å²) in [6.45, 7) is -0.0393. The molecule has 0 aromatic heterocycles. The van der Waals surface area contributed by atoms with Crippen LogP contribution in [0.2, 0.25) is 0 Å². The summed E-state index contributed by atoms with van der Waals surface area (Å²) in [4.78, 5) is -0.0596. The maximum atomic E-state index is 13.2. The first-order chi connectivity index (χ1) is 9.53. The maximum Gasteiger partial charge on any atom is 0.241 e. The first-order valence-electron chi connectivity index (χ1n) is 6.42. The molecule has 1 aliphatic rings. The largest absolute Gasteiger partial charge is 0.384 e. The van der Waals surface area contributed by atoms with Crippen molar-refractivity contribution in [3.8, 4) is 11.8 Å². The number of aliphatic hydroxyl groups is 1. The number of aliphatic hydroxyl groups excluding tert-OH is 1. The minimum absolute atomic E-state index is 0.0537. The number of hydrogen-bond donors (Lipinski definition) is 2. The molecule has 0 bridgehead atoms. The zero-order valence-electron chi connectivity index (χ0n) is 10.9. The molecule has 2 N–H and O–H groups in total. The Kier molecular flexibility index (Phi) is 4.76. The third-order valence-corrected chi connectivity index (χ3v) is 4.59. The van der Waals surface area contributed by atoms with Crippen LogP contribution in [-0.2, 0) is 10.0 Å². The molecule has 1 fully saturated rings. The van der Waals surface area contributed by atoms with Gasteiger partial charge in [0, 0.05) is 12.1 Å². The number of rotatable bonds is 5. The lowest BCUT2D eigenvalue weighted by atomic mass is 10.2. The van der Waals surface area contributed by atoms with E-state index < -0.39 is 22.4 Å². The Morgan fingerprint density at radius 3 is 2.80 bits per heavy atom. The molecule has 2 rings (SSSR count). The van der Waals surface area contributed by atoms with Gasteiger partial charge in [0.05, 0.1) is 4.90 Å². The molecule has 0 amide bonds. The third-order valence-electron chi connectivity index (χ3n) is 3.07. The quantitative estimate of drug-likeness (QED) is 0.804. The van der Waals surface area contributed by atoms with E-state index in [4.69, 9.17) is 5.11 Å². The van der Waals surface area contributed by atoms with Crippen molar-refractivity contribution in [1.29, 1.82) is 0 Å². The van der Waals surface area contributed by atoms with Gasteiger partial charge in [0.2, 0.25) is 10.0 Å². The molecule has 1 aliphatic carbocycles. The number of halogens is 1. The first-order valence-corrected chi connectivity index (χ1v) is 7.90. The van der Waals surface area contributed by atoms with Gasteiger partial charge in [0.1, 0.15) is 12.4 Å². The van der Waals surface area contributed by atoms with Crippen LogP contribution in [0.25, 0.3) is 0 Å². The van der Waals surface area contributed by atoms with Crippen LogP contribution in [0.5, 0.6) is 0 Å². The van der Waals surface area contributed by atoms with Crippen molar-refractivity contribution in [3.63, 3.8) is 0 Å². The van der Waals surface area contributed by atoms with Crippen LogP contribution >= 0.6 is 0 Å². The summed E-state index contributed by atoms with van der Waals surface area (Å²) in [7, 11) is -3.71. The van der Waals surface area contributed by atoms with Crippen LogP contribution in [-0.4, -0.2) is 26.7 Å². The molecular formula is C14H16FNO3S. The van der Waals surface area contributed by atoms with Crippen molar-refractivity contribution < 1.29 is 17.9 Å². The van der Waals surface area contributed by atoms with E-state index in [-0.39, 0.29) is 10.5 Å². The second kappa shape index (κ2) is 6.35. The number of benzene rings is 1. The first kappa shape index (κ1) is 15.0. The predicted molar refractivity (Wildman–Crippen MR) is 72.9 cm³/mol. The van der Waals surface area contributed by atoms with Crippen LogP contribution in [0.15, 0.2) is 23.1 Å². The molecule has 1 aromatic carbocycles. The third kappa shape index (κ3) is 4.04. The maximum absolute atomic E-state index is 13.2. The lowest BCUT2D eigenvalue weighted by Crippen LogP contribution is -2.26. The van der Waals surface area contributed by atoms with Gasteiger partial charge in [-0.3, -0.25) is 0 Å². The molecule has 1 saturated carbocycles. The summed E-state index contributed by atoms with van der Waals surface area (Å²) in [5.41, 5.74) is 0.0537. The van der Waals surface area contributed by atoms with Gasteiger partial charge in [-0.05, 0) is 30.5 Å². The summed E-state index contributed by atoms with van der Waals surface area (Å²) in [5, 5.41) is 8.67. The predicted octanol–water partition coefficient (Wildman–Crippen LogP) is 1.25. The highest BCUT2D eigenvalue weighted by molar-refractivity contribution is 7.89. The van der Waals surface area contributed by atoms with E-state index in [9.17, 15) is 12.8 Å². The van der Waals surface area contributed by atoms with Crippen LogP contribution in [0.1, 0.15) is 24.8 Å². The molecule has 0 aliphatic heterocycles. The standard InChI is InChI=1S/C14H16FNO3S/c15-13-5-6-14(12(10-13)2-1-9-17)20(18,19)16-8-7-11-3-4-11/h5-6,10-11,16-17H,3-4,7-9H2. The fraction of sp³-hybridized carbons (Fsp3) is 0.429. The highest BCUT2D eigenvalue weighted by Gasteiger charge is 2.23. The average molecular weight is 297 g/mol. The summed E-state index contributed by atoms with van der Waals surface area (Å²) in [5.74, 6) is 4.86. The molecule has 0 unspecified atom stereocenters. The summed E-state index contributed by atoms with van der Waals surface area (Å²) < 4.78 is 40.0. The summed E-state index contributed by atoms with van der Waals surface area (Å²) >= 11 is 0. The molecule has 0 saturated heterocycles. The van der Waals surface area contributed by atoms with Gasteiger partial charge in [-0.2, -0.15) is 0 Å². The van der Waals surface area contributed by atoms with Crippen LogP contribution < -0.4 is 4.72 Å². The lowest BCUT2D eigenvalue weighted by molar-refractivity contribution is 0.350. The molecule has 6 heteroatoms. The SMILES string of the molecule is O=S(=O)(NCCC1CC1)c1ccc(F)cc1C#CCO. The molecule has 1 aromatic rings. The number of hydrogen-bond acceptors (Lipinski definition) is 3. The van der Waals surface area contributed by atoms with Crippen molar-refractivity contribution >= 4 is 10.0 Å². The summed E-state index contributed by atoms with van der Waals surface area (Å²) in [6, 6.07) is 3.33. The van der Waals surface area contributed by atoms with E-state index in [0.717, 1.165) is 31.4 Å². The topological polar surface area (TPSA) is 66.4 Å². The number of sulfonamides is 1. The summed E-state index contributed by atoms with van der Waals surface area (Å²) in [6.07, 6.45) is 3.13. The van der Waals surface area contributed by atoms with Crippen LogP contribution in [0, 0.1) is 23.6 Å².